The number of imidazole rings is 1. The molecule has 0 bridgehead atoms. The number of sulfonamides is 1. The molecule has 2 heterocycles. The molecule has 0 unspecified atom stereocenters. The van der Waals surface area contributed by atoms with Crippen LogP contribution in [0, 0.1) is 17.0 Å². The van der Waals surface area contributed by atoms with Gasteiger partial charge in [0, 0.05) is 25.5 Å². The fraction of sp³-hybridized carbons (Fsp3) is 0.235. The van der Waals surface area contributed by atoms with Crippen molar-refractivity contribution in [1.82, 2.24) is 24.4 Å². The van der Waals surface area contributed by atoms with Crippen molar-refractivity contribution in [2.45, 2.75) is 24.8 Å². The van der Waals surface area contributed by atoms with Crippen LogP contribution < -0.4 is 15.6 Å². The second-order valence-electron chi connectivity index (χ2n) is 6.30. The number of anilines is 2. The van der Waals surface area contributed by atoms with Crippen molar-refractivity contribution >= 4 is 27.3 Å². The average Bonchev–Trinajstić information content (AvgIpc) is 3.23. The molecular formula is C17H20N8O4S. The Morgan fingerprint density at radius 3 is 2.57 bits per heavy atom. The van der Waals surface area contributed by atoms with Gasteiger partial charge in [0.25, 0.3) is 10.0 Å². The number of rotatable bonds is 10. The first kappa shape index (κ1) is 21.1. The Balaban J connectivity index is 1.69. The number of nitro groups is 1. The van der Waals surface area contributed by atoms with Crippen molar-refractivity contribution in [3.05, 3.63) is 65.0 Å². The van der Waals surface area contributed by atoms with Gasteiger partial charge >= 0.3 is 5.69 Å². The molecule has 0 radical (unpaired) electrons. The second kappa shape index (κ2) is 9.28. The molecule has 0 aliphatic heterocycles. The number of aromatic nitrogens is 4. The van der Waals surface area contributed by atoms with Gasteiger partial charge in [-0.25, -0.2) is 23.4 Å². The van der Waals surface area contributed by atoms with Crippen LogP contribution in [0.4, 0.5) is 17.3 Å². The van der Waals surface area contributed by atoms with Gasteiger partial charge in [0.1, 0.15) is 6.33 Å². The lowest BCUT2D eigenvalue weighted by molar-refractivity contribution is -0.383. The maximum atomic E-state index is 12.4. The Morgan fingerprint density at radius 2 is 1.90 bits per heavy atom. The lowest BCUT2D eigenvalue weighted by Gasteiger charge is -2.11. The third-order valence-corrected chi connectivity index (χ3v) is 5.35. The van der Waals surface area contributed by atoms with E-state index in [4.69, 9.17) is 0 Å². The highest BCUT2D eigenvalue weighted by atomic mass is 32.2. The van der Waals surface area contributed by atoms with E-state index in [9.17, 15) is 18.5 Å². The van der Waals surface area contributed by atoms with Gasteiger partial charge in [-0.2, -0.15) is 0 Å². The van der Waals surface area contributed by atoms with Gasteiger partial charge < -0.3 is 9.88 Å². The number of hydrogen-bond donors (Lipinski definition) is 3. The van der Waals surface area contributed by atoms with Gasteiger partial charge in [-0.1, -0.05) is 17.7 Å². The lowest BCUT2D eigenvalue weighted by Crippen LogP contribution is -2.30. The topological polar surface area (TPSA) is 157 Å². The summed E-state index contributed by atoms with van der Waals surface area (Å²) in [4.78, 5) is 24.6. The van der Waals surface area contributed by atoms with E-state index in [-0.39, 0.29) is 16.5 Å². The van der Waals surface area contributed by atoms with E-state index in [2.05, 4.69) is 30.5 Å². The first-order valence-corrected chi connectivity index (χ1v) is 10.4. The lowest BCUT2D eigenvalue weighted by atomic mass is 10.2. The summed E-state index contributed by atoms with van der Waals surface area (Å²) in [7, 11) is -3.95. The summed E-state index contributed by atoms with van der Waals surface area (Å²) in [6, 6.07) is 6.16. The number of nitrogens with one attached hydrogen (secondary N) is 3. The molecule has 3 aromatic rings. The van der Waals surface area contributed by atoms with Crippen molar-refractivity contribution in [3.8, 4) is 0 Å². The first-order valence-electron chi connectivity index (χ1n) is 8.90. The smallest absolute Gasteiger partial charge is 0.354 e. The summed E-state index contributed by atoms with van der Waals surface area (Å²) in [6.07, 6.45) is 6.93. The van der Waals surface area contributed by atoms with E-state index in [1.54, 1.807) is 24.7 Å². The summed E-state index contributed by atoms with van der Waals surface area (Å²) in [5, 5.41) is 14.4. The van der Waals surface area contributed by atoms with Crippen LogP contribution in [0.15, 0.2) is 54.2 Å². The van der Waals surface area contributed by atoms with E-state index in [1.807, 2.05) is 17.7 Å². The van der Waals surface area contributed by atoms with Gasteiger partial charge in [0.15, 0.2) is 0 Å². The third-order valence-electron chi connectivity index (χ3n) is 4.08. The van der Waals surface area contributed by atoms with Crippen LogP contribution in [0.1, 0.15) is 12.0 Å². The predicted octanol–water partition coefficient (Wildman–Crippen LogP) is 1.70. The predicted molar refractivity (Wildman–Crippen MR) is 109 cm³/mol. The number of nitrogens with zero attached hydrogens (tertiary/aromatic N) is 5. The first-order chi connectivity index (χ1) is 14.4. The quantitative estimate of drug-likeness (QED) is 0.246. The van der Waals surface area contributed by atoms with Crippen molar-refractivity contribution < 1.29 is 13.3 Å². The molecule has 1 aromatic carbocycles. The van der Waals surface area contributed by atoms with Crippen LogP contribution >= 0.6 is 0 Å². The minimum atomic E-state index is -3.95. The molecular weight excluding hydrogens is 412 g/mol. The Morgan fingerprint density at radius 1 is 1.17 bits per heavy atom. The molecule has 0 spiro atoms. The monoisotopic (exact) mass is 432 g/mol. The van der Waals surface area contributed by atoms with Crippen LogP contribution in [-0.4, -0.2) is 39.4 Å². The molecule has 2 aromatic heterocycles. The molecule has 0 saturated heterocycles. The van der Waals surface area contributed by atoms with Crippen molar-refractivity contribution in [3.63, 3.8) is 0 Å². The molecule has 12 nitrogen and oxygen atoms in total. The molecule has 3 N–H and O–H groups in total. The number of benzene rings is 1. The van der Waals surface area contributed by atoms with Crippen LogP contribution in [0.3, 0.4) is 0 Å². The zero-order valence-corrected chi connectivity index (χ0v) is 16.8. The molecule has 0 atom stereocenters. The molecule has 158 valence electrons. The fourth-order valence-electron chi connectivity index (χ4n) is 2.55. The second-order valence-corrected chi connectivity index (χ2v) is 7.98. The number of hydrazine groups is 1. The van der Waals surface area contributed by atoms with Crippen LogP contribution in [0.5, 0.6) is 0 Å². The van der Waals surface area contributed by atoms with E-state index in [0.717, 1.165) is 11.9 Å². The molecule has 30 heavy (non-hydrogen) atoms. The number of hydrogen-bond acceptors (Lipinski definition) is 9. The summed E-state index contributed by atoms with van der Waals surface area (Å²) >= 11 is 0. The molecule has 0 fully saturated rings. The van der Waals surface area contributed by atoms with Crippen LogP contribution in [0.2, 0.25) is 0 Å². The highest BCUT2D eigenvalue weighted by Crippen LogP contribution is 2.28. The largest absolute Gasteiger partial charge is 0.364 e. The van der Waals surface area contributed by atoms with Gasteiger partial charge in [-0.15, -0.1) is 4.83 Å². The SMILES string of the molecule is Cc1ccc(S(=O)(=O)NNc2ncnc(NCCCn3ccnc3)c2[N+](=O)[O-])cc1. The minimum Gasteiger partial charge on any atom is -0.364 e. The number of aryl methyl sites for hydroxylation is 2. The highest BCUT2D eigenvalue weighted by molar-refractivity contribution is 7.89. The Bertz CT molecular complexity index is 1100. The van der Waals surface area contributed by atoms with Gasteiger partial charge in [-0.3, -0.25) is 15.5 Å². The summed E-state index contributed by atoms with van der Waals surface area (Å²) in [6.45, 7) is 2.91. The average molecular weight is 432 g/mol. The van der Waals surface area contributed by atoms with E-state index in [1.165, 1.54) is 12.1 Å². The molecule has 3 rings (SSSR count). The van der Waals surface area contributed by atoms with Gasteiger partial charge in [-0.05, 0) is 25.5 Å². The van der Waals surface area contributed by atoms with Crippen LogP contribution in [0.25, 0.3) is 0 Å². The van der Waals surface area contributed by atoms with Crippen molar-refractivity contribution in [2.75, 3.05) is 17.3 Å². The Kier molecular flexibility index (Phi) is 6.54. The van der Waals surface area contributed by atoms with E-state index < -0.39 is 20.6 Å². The molecule has 0 aliphatic carbocycles. The zero-order valence-electron chi connectivity index (χ0n) is 16.0. The van der Waals surface area contributed by atoms with E-state index in [0.29, 0.717) is 19.5 Å². The van der Waals surface area contributed by atoms with Gasteiger partial charge in [0.05, 0.1) is 16.1 Å². The third kappa shape index (κ3) is 5.27. The summed E-state index contributed by atoms with van der Waals surface area (Å²) < 4.78 is 26.7. The van der Waals surface area contributed by atoms with Crippen molar-refractivity contribution in [2.24, 2.45) is 0 Å². The Hall–Kier alpha value is -3.58. The molecule has 0 saturated carbocycles. The Labute approximate surface area is 172 Å². The maximum Gasteiger partial charge on any atom is 0.354 e. The van der Waals surface area contributed by atoms with Crippen LogP contribution in [-0.2, 0) is 16.6 Å². The minimum absolute atomic E-state index is 0.00941. The van der Waals surface area contributed by atoms with E-state index >= 15 is 0 Å². The molecule has 0 aliphatic rings. The standard InChI is InChI=1S/C17H20N8O4S/c1-13-3-5-14(6-4-13)30(28,29)23-22-17-15(25(26)27)16(20-11-21-17)19-7-2-9-24-10-8-18-12-24/h3-6,8,10-12,23H,2,7,9H2,1H3,(H2,19,20,21,22). The van der Waals surface area contributed by atoms with Crippen molar-refractivity contribution in [1.29, 1.82) is 0 Å². The normalized spacial score (nSPS) is 11.2. The molecule has 13 heteroatoms. The fourth-order valence-corrected chi connectivity index (χ4v) is 3.40. The van der Waals surface area contributed by atoms with Gasteiger partial charge in [0.2, 0.25) is 11.6 Å². The summed E-state index contributed by atoms with van der Waals surface area (Å²) in [5.41, 5.74) is 2.75. The zero-order chi connectivity index (χ0) is 21.6. The maximum absolute atomic E-state index is 12.4. The molecule has 0 amide bonds. The highest BCUT2D eigenvalue weighted by Gasteiger charge is 2.24. The summed E-state index contributed by atoms with van der Waals surface area (Å²) in [5.74, 6) is -0.291.